The minimum atomic E-state index is -1.25. The van der Waals surface area contributed by atoms with E-state index in [0.717, 1.165) is 5.17 Å². The van der Waals surface area contributed by atoms with Gasteiger partial charge in [0, 0.05) is 6.08 Å². The van der Waals surface area contributed by atoms with Gasteiger partial charge in [0.2, 0.25) is 0 Å². The maximum atomic E-state index is 11.4. The lowest BCUT2D eigenvalue weighted by atomic mass is 10.1. The molecule has 1 atom stereocenters. The van der Waals surface area contributed by atoms with E-state index in [1.165, 1.54) is 18.9 Å². The topological polar surface area (TPSA) is 67.4 Å². The van der Waals surface area contributed by atoms with Gasteiger partial charge in [0.1, 0.15) is 0 Å². The number of thioether (sulfide) groups is 1. The third-order valence-electron chi connectivity index (χ3n) is 1.91. The van der Waals surface area contributed by atoms with Crippen molar-refractivity contribution in [2.45, 2.75) is 5.66 Å². The molecule has 0 aromatic carbocycles. The number of carbonyl (C=O) groups excluding carboxylic acids is 1. The smallest absolute Gasteiger partial charge is 0.374 e. The van der Waals surface area contributed by atoms with Crippen molar-refractivity contribution in [3.8, 4) is 0 Å². The van der Waals surface area contributed by atoms with Gasteiger partial charge in [-0.2, -0.15) is 0 Å². The van der Waals surface area contributed by atoms with Crippen molar-refractivity contribution in [1.29, 1.82) is 0 Å². The Labute approximate surface area is 110 Å². The predicted molar refractivity (Wildman–Crippen MR) is 55.9 cm³/mol. The lowest BCUT2D eigenvalue weighted by Crippen LogP contribution is -3.00. The minimum Gasteiger partial charge on any atom is -1.00 e. The molecule has 0 amide bonds. The van der Waals surface area contributed by atoms with Crippen LogP contribution in [0.5, 0.6) is 0 Å². The Morgan fingerprint density at radius 2 is 2.33 bits per heavy atom. The van der Waals surface area contributed by atoms with Gasteiger partial charge < -0.3 is 28.7 Å². The van der Waals surface area contributed by atoms with Crippen LogP contribution >= 0.6 is 11.8 Å². The zero-order valence-corrected chi connectivity index (χ0v) is 11.8. The van der Waals surface area contributed by atoms with Gasteiger partial charge in [-0.25, -0.2) is 14.7 Å². The Balaban J connectivity index is 0.00000196. The molecule has 86 valence electrons. The monoisotopic (exact) mass is 343 g/mol. The third kappa shape index (κ3) is 3.08. The summed E-state index contributed by atoms with van der Waals surface area (Å²) in [5.41, 5.74) is 4.56. The van der Waals surface area contributed by atoms with Gasteiger partial charge in [-0.05, 0) is 18.0 Å². The van der Waals surface area contributed by atoms with Crippen LogP contribution in [0.2, 0.25) is 0 Å². The second-order valence-electron chi connectivity index (χ2n) is 2.92. The Hall–Kier alpha value is -0.280. The number of nitrogens with one attached hydrogen (secondary N) is 1. The summed E-state index contributed by atoms with van der Waals surface area (Å²) in [6.07, 6.45) is 5.20. The molecule has 1 aliphatic heterocycles. The van der Waals surface area contributed by atoms with Crippen LogP contribution in [0.4, 0.5) is 0 Å². The Morgan fingerprint density at radius 1 is 1.73 bits per heavy atom. The number of carbonyl (C=O) groups is 1. The molecule has 5 nitrogen and oxygen atoms in total. The van der Waals surface area contributed by atoms with Crippen molar-refractivity contribution < 1.29 is 38.1 Å². The van der Waals surface area contributed by atoms with Crippen LogP contribution in [0.1, 0.15) is 0 Å². The third-order valence-corrected chi connectivity index (χ3v) is 2.69. The predicted octanol–water partition coefficient (Wildman–Crippen LogP) is -3.70. The number of ether oxygens (including phenoxy) is 1. The summed E-state index contributed by atoms with van der Waals surface area (Å²) in [4.78, 5) is 11.4. The van der Waals surface area contributed by atoms with Crippen LogP contribution in [0.3, 0.4) is 0 Å². The fourth-order valence-corrected chi connectivity index (χ4v) is 1.71. The molecule has 7 heteroatoms. The second kappa shape index (κ2) is 5.71. The molecule has 3 N–H and O–H groups in total. The highest BCUT2D eigenvalue weighted by atomic mass is 127. The molecule has 0 saturated carbocycles. The molecule has 0 aromatic rings. The Bertz CT molecular complexity index is 319. The molecule has 0 aliphatic carbocycles. The van der Waals surface area contributed by atoms with Crippen LogP contribution in [0, 0.1) is 0 Å². The number of amidine groups is 1. The molecule has 1 aliphatic rings. The van der Waals surface area contributed by atoms with Gasteiger partial charge in [-0.15, -0.1) is 0 Å². The summed E-state index contributed by atoms with van der Waals surface area (Å²) in [5, 5.41) is 3.71. The van der Waals surface area contributed by atoms with Crippen LogP contribution in [-0.2, 0) is 9.53 Å². The molecule has 0 spiro atoms. The molecule has 0 aromatic heterocycles. The molecular weight excluding hydrogens is 329 g/mol. The SMILES string of the molecule is COC(=O)C1(N)C=C[N+](C)=C(SC)N1.[I-]. The quantitative estimate of drug-likeness (QED) is 0.291. The van der Waals surface area contributed by atoms with Crippen molar-refractivity contribution in [1.82, 2.24) is 5.32 Å². The largest absolute Gasteiger partial charge is 1.00 e. The molecular formula is C8H14IN3O2S. The van der Waals surface area contributed by atoms with Crippen molar-refractivity contribution in [3.63, 3.8) is 0 Å². The Morgan fingerprint density at radius 3 is 2.80 bits per heavy atom. The van der Waals surface area contributed by atoms with E-state index in [4.69, 9.17) is 5.73 Å². The first-order valence-electron chi connectivity index (χ1n) is 4.02. The number of methoxy groups -OCH3 is 1. The van der Waals surface area contributed by atoms with E-state index < -0.39 is 11.6 Å². The summed E-state index contributed by atoms with van der Waals surface area (Å²) in [5.74, 6) is -0.506. The molecule has 1 heterocycles. The van der Waals surface area contributed by atoms with E-state index in [-0.39, 0.29) is 24.0 Å². The van der Waals surface area contributed by atoms with E-state index in [1.54, 1.807) is 12.3 Å². The number of nitrogens with zero attached hydrogens (tertiary/aromatic N) is 1. The number of rotatable bonds is 1. The molecule has 1 rings (SSSR count). The van der Waals surface area contributed by atoms with Crippen molar-refractivity contribution >= 4 is 22.9 Å². The summed E-state index contributed by atoms with van der Waals surface area (Å²) >= 11 is 1.48. The normalized spacial score (nSPS) is 24.3. The van der Waals surface area contributed by atoms with Crippen LogP contribution < -0.4 is 35.0 Å². The number of esters is 1. The first kappa shape index (κ1) is 14.7. The summed E-state index contributed by atoms with van der Waals surface area (Å²) in [7, 11) is 3.18. The lowest BCUT2D eigenvalue weighted by molar-refractivity contribution is -0.424. The molecule has 0 bridgehead atoms. The van der Waals surface area contributed by atoms with E-state index in [1.807, 2.05) is 17.9 Å². The fourth-order valence-electron chi connectivity index (χ4n) is 1.09. The van der Waals surface area contributed by atoms with Gasteiger partial charge in [0.25, 0.3) is 5.66 Å². The number of hydrogen-bond acceptors (Lipinski definition) is 5. The molecule has 15 heavy (non-hydrogen) atoms. The average molecular weight is 343 g/mol. The standard InChI is InChI=1S/C8H13N3O2S.HI/c1-11-5-4-8(9,6(12)13-2)10-7(11)14-3;/h4-5H,9H2,1-3H3;1H. The fraction of sp³-hybridized carbons (Fsp3) is 0.500. The highest BCUT2D eigenvalue weighted by molar-refractivity contribution is 8.13. The zero-order chi connectivity index (χ0) is 10.8. The van der Waals surface area contributed by atoms with Gasteiger partial charge in [0.15, 0.2) is 0 Å². The van der Waals surface area contributed by atoms with Crippen molar-refractivity contribution in [3.05, 3.63) is 12.3 Å². The number of nitrogens with two attached hydrogens (primary N) is 1. The summed E-state index contributed by atoms with van der Waals surface area (Å²) < 4.78 is 6.45. The zero-order valence-electron chi connectivity index (χ0n) is 8.78. The van der Waals surface area contributed by atoms with E-state index >= 15 is 0 Å². The second-order valence-corrected chi connectivity index (χ2v) is 3.72. The van der Waals surface area contributed by atoms with Crippen LogP contribution in [-0.4, -0.2) is 41.8 Å². The van der Waals surface area contributed by atoms with Gasteiger partial charge in [-0.3, -0.25) is 5.73 Å². The summed E-state index contributed by atoms with van der Waals surface area (Å²) in [6, 6.07) is 0. The molecule has 0 radical (unpaired) electrons. The Kier molecular flexibility index (Phi) is 5.60. The molecule has 0 saturated heterocycles. The highest BCUT2D eigenvalue weighted by Gasteiger charge is 2.41. The lowest BCUT2D eigenvalue weighted by Gasteiger charge is -2.23. The maximum Gasteiger partial charge on any atom is 0.374 e. The van der Waals surface area contributed by atoms with E-state index in [2.05, 4.69) is 10.1 Å². The highest BCUT2D eigenvalue weighted by Crippen LogP contribution is 2.09. The minimum absolute atomic E-state index is 0. The summed E-state index contributed by atoms with van der Waals surface area (Å²) in [6.45, 7) is 0. The van der Waals surface area contributed by atoms with Gasteiger partial charge >= 0.3 is 11.1 Å². The van der Waals surface area contributed by atoms with E-state index in [9.17, 15) is 4.79 Å². The first-order chi connectivity index (χ1) is 6.53. The molecule has 0 fully saturated rings. The van der Waals surface area contributed by atoms with Crippen molar-refractivity contribution in [2.24, 2.45) is 5.73 Å². The maximum absolute atomic E-state index is 11.4. The van der Waals surface area contributed by atoms with E-state index in [0.29, 0.717) is 0 Å². The average Bonchev–Trinajstić information content (AvgIpc) is 2.20. The van der Waals surface area contributed by atoms with Crippen molar-refractivity contribution in [2.75, 3.05) is 20.4 Å². The van der Waals surface area contributed by atoms with Crippen LogP contribution in [0.15, 0.2) is 12.3 Å². The first-order valence-corrected chi connectivity index (χ1v) is 5.24. The molecule has 1 unspecified atom stereocenters. The van der Waals surface area contributed by atoms with Gasteiger partial charge in [-0.1, -0.05) is 0 Å². The number of hydrogen-bond donors (Lipinski definition) is 2. The number of halogens is 1. The van der Waals surface area contributed by atoms with Crippen LogP contribution in [0.25, 0.3) is 0 Å². The van der Waals surface area contributed by atoms with Gasteiger partial charge in [0.05, 0.1) is 20.4 Å².